The van der Waals surface area contributed by atoms with E-state index in [1.54, 1.807) is 29.1 Å². The quantitative estimate of drug-likeness (QED) is 0.772. The molecule has 0 spiro atoms. The maximum absolute atomic E-state index is 12.8. The van der Waals surface area contributed by atoms with E-state index in [0.717, 1.165) is 31.5 Å². The Bertz CT molecular complexity index is 885. The first-order chi connectivity index (χ1) is 13.5. The molecule has 3 rings (SSSR count). The van der Waals surface area contributed by atoms with Crippen LogP contribution >= 0.6 is 0 Å². The van der Waals surface area contributed by atoms with Gasteiger partial charge in [0.2, 0.25) is 5.91 Å². The Balaban J connectivity index is 1.71. The molecule has 148 valence electrons. The van der Waals surface area contributed by atoms with Crippen LogP contribution in [0, 0.1) is 0 Å². The third kappa shape index (κ3) is 4.50. The van der Waals surface area contributed by atoms with Crippen molar-refractivity contribution in [2.24, 2.45) is 0 Å². The maximum Gasteiger partial charge on any atom is 0.263 e. The number of pyridine rings is 1. The first kappa shape index (κ1) is 19.9. The van der Waals surface area contributed by atoms with Gasteiger partial charge in [-0.25, -0.2) is 0 Å². The number of carbonyl (C=O) groups excluding carboxylic acids is 2. The molecule has 2 heterocycles. The molecule has 0 aliphatic carbocycles. The van der Waals surface area contributed by atoms with E-state index >= 15 is 0 Å². The molecule has 0 N–H and O–H groups in total. The van der Waals surface area contributed by atoms with Gasteiger partial charge in [0.1, 0.15) is 12.1 Å². The van der Waals surface area contributed by atoms with Crippen LogP contribution < -0.4 is 5.56 Å². The van der Waals surface area contributed by atoms with Gasteiger partial charge in [0.25, 0.3) is 11.5 Å². The summed E-state index contributed by atoms with van der Waals surface area (Å²) in [6.07, 6.45) is 3.58. The lowest BCUT2D eigenvalue weighted by molar-refractivity contribution is -0.130. The van der Waals surface area contributed by atoms with Crippen LogP contribution in [-0.4, -0.2) is 52.9 Å². The Morgan fingerprint density at radius 2 is 1.75 bits per heavy atom. The van der Waals surface area contributed by atoms with Crippen LogP contribution in [0.2, 0.25) is 0 Å². The molecule has 0 radical (unpaired) electrons. The van der Waals surface area contributed by atoms with E-state index in [-0.39, 0.29) is 29.8 Å². The van der Waals surface area contributed by atoms with Gasteiger partial charge in [-0.1, -0.05) is 37.3 Å². The highest BCUT2D eigenvalue weighted by atomic mass is 16.2. The summed E-state index contributed by atoms with van der Waals surface area (Å²) < 4.78 is 1.34. The monoisotopic (exact) mass is 381 g/mol. The smallest absolute Gasteiger partial charge is 0.263 e. The number of likely N-dealkylation sites (tertiary alicyclic amines) is 1. The molecule has 0 bridgehead atoms. The lowest BCUT2D eigenvalue weighted by Gasteiger charge is -2.22. The van der Waals surface area contributed by atoms with Crippen molar-refractivity contribution in [1.82, 2.24) is 14.4 Å². The first-order valence-corrected chi connectivity index (χ1v) is 9.75. The van der Waals surface area contributed by atoms with Gasteiger partial charge in [0, 0.05) is 32.9 Å². The SMILES string of the molecule is CC(CN(C)C(=O)c1cccn(CC(=O)N2CCCC2)c1=O)c1ccccc1. The second-order valence-corrected chi connectivity index (χ2v) is 7.44. The predicted octanol–water partition coefficient (Wildman–Crippen LogP) is 2.35. The molecule has 1 aromatic heterocycles. The third-order valence-electron chi connectivity index (χ3n) is 5.28. The molecule has 0 saturated carbocycles. The van der Waals surface area contributed by atoms with Crippen LogP contribution in [0.1, 0.15) is 41.6 Å². The van der Waals surface area contributed by atoms with Crippen molar-refractivity contribution in [3.05, 3.63) is 70.1 Å². The number of nitrogens with zero attached hydrogens (tertiary/aromatic N) is 3. The number of aromatic nitrogens is 1. The van der Waals surface area contributed by atoms with Crippen molar-refractivity contribution in [2.75, 3.05) is 26.7 Å². The lowest BCUT2D eigenvalue weighted by Crippen LogP contribution is -2.38. The number of amides is 2. The zero-order valence-corrected chi connectivity index (χ0v) is 16.5. The fourth-order valence-corrected chi connectivity index (χ4v) is 3.62. The van der Waals surface area contributed by atoms with Crippen LogP contribution in [-0.2, 0) is 11.3 Å². The van der Waals surface area contributed by atoms with E-state index in [1.807, 2.05) is 30.3 Å². The fraction of sp³-hybridized carbons (Fsp3) is 0.409. The van der Waals surface area contributed by atoms with Crippen LogP contribution in [0.4, 0.5) is 0 Å². The van der Waals surface area contributed by atoms with Crippen LogP contribution in [0.3, 0.4) is 0 Å². The van der Waals surface area contributed by atoms with Crippen molar-refractivity contribution >= 4 is 11.8 Å². The van der Waals surface area contributed by atoms with E-state index in [9.17, 15) is 14.4 Å². The number of carbonyl (C=O) groups is 2. The second-order valence-electron chi connectivity index (χ2n) is 7.44. The second kappa shape index (κ2) is 8.87. The Labute approximate surface area is 165 Å². The summed E-state index contributed by atoms with van der Waals surface area (Å²) in [5.74, 6) is -0.246. The molecule has 2 amide bonds. The van der Waals surface area contributed by atoms with E-state index in [1.165, 1.54) is 10.6 Å². The Morgan fingerprint density at radius 1 is 1.07 bits per heavy atom. The number of benzene rings is 1. The molecule has 1 aromatic carbocycles. The fourth-order valence-electron chi connectivity index (χ4n) is 3.62. The molecule has 1 unspecified atom stereocenters. The summed E-state index contributed by atoms with van der Waals surface area (Å²) in [4.78, 5) is 41.3. The highest BCUT2D eigenvalue weighted by Gasteiger charge is 2.22. The Kier molecular flexibility index (Phi) is 6.29. The molecule has 1 aliphatic heterocycles. The summed E-state index contributed by atoms with van der Waals surface area (Å²) in [6, 6.07) is 13.2. The number of hydrogen-bond acceptors (Lipinski definition) is 3. The van der Waals surface area contributed by atoms with Crippen LogP contribution in [0.5, 0.6) is 0 Å². The average molecular weight is 381 g/mol. The number of hydrogen-bond donors (Lipinski definition) is 0. The molecule has 6 nitrogen and oxygen atoms in total. The maximum atomic E-state index is 12.8. The summed E-state index contributed by atoms with van der Waals surface area (Å²) in [6.45, 7) is 4.02. The molecule has 6 heteroatoms. The van der Waals surface area contributed by atoms with Crippen molar-refractivity contribution in [3.63, 3.8) is 0 Å². The molecule has 1 saturated heterocycles. The van der Waals surface area contributed by atoms with E-state index in [4.69, 9.17) is 0 Å². The predicted molar refractivity (Wildman–Crippen MR) is 108 cm³/mol. The standard InChI is InChI=1S/C22H27N3O3/c1-17(18-9-4-3-5-10-18)15-23(2)21(27)19-11-8-14-25(22(19)28)16-20(26)24-12-6-7-13-24/h3-5,8-11,14,17H,6-7,12-13,15-16H2,1-2H3. The molecular formula is C22H27N3O3. The Hall–Kier alpha value is -2.89. The minimum absolute atomic E-state index is 0.0237. The van der Waals surface area contributed by atoms with E-state index in [2.05, 4.69) is 6.92 Å². The summed E-state index contributed by atoms with van der Waals surface area (Å²) >= 11 is 0. The van der Waals surface area contributed by atoms with Crippen molar-refractivity contribution in [2.45, 2.75) is 32.2 Å². The van der Waals surface area contributed by atoms with E-state index < -0.39 is 5.56 Å². The van der Waals surface area contributed by atoms with Gasteiger partial charge in [-0.3, -0.25) is 14.4 Å². The molecule has 28 heavy (non-hydrogen) atoms. The van der Waals surface area contributed by atoms with Gasteiger partial charge in [0.15, 0.2) is 0 Å². The Morgan fingerprint density at radius 3 is 2.43 bits per heavy atom. The highest BCUT2D eigenvalue weighted by Crippen LogP contribution is 2.16. The lowest BCUT2D eigenvalue weighted by atomic mass is 10.0. The van der Waals surface area contributed by atoms with E-state index in [0.29, 0.717) is 6.54 Å². The average Bonchev–Trinajstić information content (AvgIpc) is 3.24. The van der Waals surface area contributed by atoms with Gasteiger partial charge in [-0.05, 0) is 36.5 Å². The summed E-state index contributed by atoms with van der Waals surface area (Å²) in [5, 5.41) is 0. The van der Waals surface area contributed by atoms with Gasteiger partial charge >= 0.3 is 0 Å². The zero-order valence-electron chi connectivity index (χ0n) is 16.5. The highest BCUT2D eigenvalue weighted by molar-refractivity contribution is 5.93. The van der Waals surface area contributed by atoms with Gasteiger partial charge in [-0.15, -0.1) is 0 Å². The topological polar surface area (TPSA) is 62.6 Å². The van der Waals surface area contributed by atoms with Gasteiger partial charge in [-0.2, -0.15) is 0 Å². The first-order valence-electron chi connectivity index (χ1n) is 9.75. The van der Waals surface area contributed by atoms with Gasteiger partial charge in [0.05, 0.1) is 0 Å². The molecule has 2 aromatic rings. The van der Waals surface area contributed by atoms with Gasteiger partial charge < -0.3 is 14.4 Å². The summed E-state index contributed by atoms with van der Waals surface area (Å²) in [7, 11) is 1.70. The van der Waals surface area contributed by atoms with Crippen molar-refractivity contribution in [1.29, 1.82) is 0 Å². The minimum Gasteiger partial charge on any atom is -0.341 e. The number of rotatable bonds is 6. The third-order valence-corrected chi connectivity index (χ3v) is 5.28. The normalized spacial score (nSPS) is 14.7. The largest absolute Gasteiger partial charge is 0.341 e. The molecule has 1 fully saturated rings. The number of likely N-dealkylation sites (N-methyl/N-ethyl adjacent to an activating group) is 1. The minimum atomic E-state index is -0.417. The summed E-state index contributed by atoms with van der Waals surface area (Å²) in [5.41, 5.74) is 0.822. The molecule has 1 aliphatic rings. The van der Waals surface area contributed by atoms with Crippen LogP contribution in [0.25, 0.3) is 0 Å². The van der Waals surface area contributed by atoms with Crippen molar-refractivity contribution < 1.29 is 9.59 Å². The molecule has 1 atom stereocenters. The zero-order chi connectivity index (χ0) is 20.1. The van der Waals surface area contributed by atoms with Crippen LogP contribution in [0.15, 0.2) is 53.5 Å². The molecular weight excluding hydrogens is 354 g/mol. The van der Waals surface area contributed by atoms with Crippen molar-refractivity contribution in [3.8, 4) is 0 Å².